The normalized spacial score (nSPS) is 10.8. The number of aliphatic carboxylic acids is 1. The van der Waals surface area contributed by atoms with Crippen LogP contribution in [0, 0.1) is 11.8 Å². The first-order valence-corrected chi connectivity index (χ1v) is 6.70. The monoisotopic (exact) mass is 302 g/mol. The van der Waals surface area contributed by atoms with Gasteiger partial charge in [0.15, 0.2) is 0 Å². The summed E-state index contributed by atoms with van der Waals surface area (Å²) in [6.45, 7) is 2.98. The van der Waals surface area contributed by atoms with Gasteiger partial charge in [-0.1, -0.05) is 24.0 Å². The van der Waals surface area contributed by atoms with E-state index in [1.807, 2.05) is 0 Å². The molecule has 0 heterocycles. The molecule has 1 aromatic carbocycles. The molecule has 0 aromatic heterocycles. The zero-order valence-corrected chi connectivity index (χ0v) is 12.5. The van der Waals surface area contributed by atoms with Crippen LogP contribution in [0.4, 0.5) is 0 Å². The Labute approximate surface area is 128 Å². The lowest BCUT2D eigenvalue weighted by molar-refractivity contribution is -0.141. The zero-order valence-electron chi connectivity index (χ0n) is 12.5. The molecular weight excluding hydrogens is 284 g/mol. The van der Waals surface area contributed by atoms with E-state index in [1.54, 1.807) is 24.3 Å². The van der Waals surface area contributed by atoms with Gasteiger partial charge in [0.25, 0.3) is 0 Å². The molecule has 0 radical (unpaired) electrons. The van der Waals surface area contributed by atoms with E-state index in [0.29, 0.717) is 0 Å². The molecule has 1 rings (SSSR count). The van der Waals surface area contributed by atoms with Gasteiger partial charge in [-0.3, -0.25) is 9.59 Å². The molecule has 6 heteroatoms. The summed E-state index contributed by atoms with van der Waals surface area (Å²) >= 11 is 0. The molecule has 0 bridgehead atoms. The molecule has 0 saturated heterocycles. The summed E-state index contributed by atoms with van der Waals surface area (Å²) in [6.07, 6.45) is 0.203. The van der Waals surface area contributed by atoms with Gasteiger partial charge >= 0.3 is 5.97 Å². The van der Waals surface area contributed by atoms with Crippen molar-refractivity contribution in [2.75, 3.05) is 6.54 Å². The second-order valence-corrected chi connectivity index (χ2v) is 4.70. The Hall–Kier alpha value is -2.81. The second kappa shape index (κ2) is 8.47. The third kappa shape index (κ3) is 6.57. The first-order chi connectivity index (χ1) is 10.4. The SMILES string of the molecule is CC(=O)NCC#Cc1ccc(C[C@H](NC(C)=O)C(=O)O)cc1. The van der Waals surface area contributed by atoms with Crippen molar-refractivity contribution in [2.24, 2.45) is 0 Å². The maximum atomic E-state index is 11.1. The topological polar surface area (TPSA) is 95.5 Å². The highest BCUT2D eigenvalue weighted by Gasteiger charge is 2.18. The van der Waals surface area contributed by atoms with Gasteiger partial charge in [0.05, 0.1) is 6.54 Å². The fourth-order valence-corrected chi connectivity index (χ4v) is 1.72. The minimum atomic E-state index is -1.07. The summed E-state index contributed by atoms with van der Waals surface area (Å²) in [7, 11) is 0. The van der Waals surface area contributed by atoms with Gasteiger partial charge in [-0.15, -0.1) is 0 Å². The van der Waals surface area contributed by atoms with Crippen molar-refractivity contribution < 1.29 is 19.5 Å². The van der Waals surface area contributed by atoms with Gasteiger partial charge in [0.2, 0.25) is 11.8 Å². The average Bonchev–Trinajstić information content (AvgIpc) is 2.43. The third-order valence-electron chi connectivity index (χ3n) is 2.73. The summed E-state index contributed by atoms with van der Waals surface area (Å²) < 4.78 is 0. The molecule has 2 amide bonds. The van der Waals surface area contributed by atoms with Crippen LogP contribution in [0.15, 0.2) is 24.3 Å². The van der Waals surface area contributed by atoms with Crippen molar-refractivity contribution in [2.45, 2.75) is 26.3 Å². The molecule has 0 aliphatic rings. The van der Waals surface area contributed by atoms with Crippen molar-refractivity contribution >= 4 is 17.8 Å². The highest BCUT2D eigenvalue weighted by molar-refractivity contribution is 5.82. The quantitative estimate of drug-likeness (QED) is 0.682. The van der Waals surface area contributed by atoms with Gasteiger partial charge in [0, 0.05) is 25.8 Å². The van der Waals surface area contributed by atoms with E-state index in [4.69, 9.17) is 5.11 Å². The molecule has 3 N–H and O–H groups in total. The number of carboxylic acid groups (broad SMARTS) is 1. The molecule has 6 nitrogen and oxygen atoms in total. The number of rotatable bonds is 5. The van der Waals surface area contributed by atoms with Gasteiger partial charge in [-0.25, -0.2) is 4.79 Å². The van der Waals surface area contributed by atoms with Crippen molar-refractivity contribution in [3.8, 4) is 11.8 Å². The van der Waals surface area contributed by atoms with Crippen molar-refractivity contribution in [1.82, 2.24) is 10.6 Å². The van der Waals surface area contributed by atoms with Crippen molar-refractivity contribution in [1.29, 1.82) is 0 Å². The number of carbonyl (C=O) groups is 3. The molecule has 1 atom stereocenters. The van der Waals surface area contributed by atoms with Crippen LogP contribution < -0.4 is 10.6 Å². The Morgan fingerprint density at radius 1 is 1.14 bits per heavy atom. The van der Waals surface area contributed by atoms with Gasteiger partial charge < -0.3 is 15.7 Å². The number of nitrogens with one attached hydrogen (secondary N) is 2. The molecule has 0 aliphatic heterocycles. The largest absolute Gasteiger partial charge is 0.480 e. The van der Waals surface area contributed by atoms with Gasteiger partial charge in [-0.2, -0.15) is 0 Å². The Balaban J connectivity index is 2.65. The first kappa shape index (κ1) is 17.2. The van der Waals surface area contributed by atoms with Crippen LogP contribution in [0.5, 0.6) is 0 Å². The molecule has 0 fully saturated rings. The smallest absolute Gasteiger partial charge is 0.326 e. The highest BCUT2D eigenvalue weighted by atomic mass is 16.4. The van der Waals surface area contributed by atoms with Crippen LogP contribution in [-0.2, 0) is 20.8 Å². The molecule has 1 aromatic rings. The minimum absolute atomic E-state index is 0.137. The van der Waals surface area contributed by atoms with E-state index < -0.39 is 12.0 Å². The minimum Gasteiger partial charge on any atom is -0.480 e. The number of carbonyl (C=O) groups excluding carboxylic acids is 2. The van der Waals surface area contributed by atoms with Crippen LogP contribution in [0.2, 0.25) is 0 Å². The predicted octanol–water partition coefficient (Wildman–Crippen LogP) is 0.306. The van der Waals surface area contributed by atoms with Crippen LogP contribution in [0.3, 0.4) is 0 Å². The van der Waals surface area contributed by atoms with E-state index in [1.165, 1.54) is 13.8 Å². The Kier molecular flexibility index (Phi) is 6.64. The number of hydrogen-bond acceptors (Lipinski definition) is 3. The molecule has 0 saturated carbocycles. The average molecular weight is 302 g/mol. The lowest BCUT2D eigenvalue weighted by atomic mass is 10.0. The van der Waals surface area contributed by atoms with Gasteiger partial charge in [-0.05, 0) is 17.7 Å². The standard InChI is InChI=1S/C16H18N2O4/c1-11(19)17-9-3-4-13-5-7-14(8-6-13)10-15(16(21)22)18-12(2)20/h5-8,15H,9-10H2,1-2H3,(H,17,19)(H,18,20)(H,21,22)/t15-/m0/s1. The van der Waals surface area contributed by atoms with E-state index in [2.05, 4.69) is 22.5 Å². The summed E-state index contributed by atoms with van der Waals surface area (Å²) in [4.78, 5) is 32.7. The highest BCUT2D eigenvalue weighted by Crippen LogP contribution is 2.06. The molecule has 116 valence electrons. The Bertz CT molecular complexity index is 611. The van der Waals surface area contributed by atoms with E-state index in [0.717, 1.165) is 11.1 Å². The van der Waals surface area contributed by atoms with Crippen LogP contribution in [-0.4, -0.2) is 35.5 Å². The molecular formula is C16H18N2O4. The Morgan fingerprint density at radius 3 is 2.27 bits per heavy atom. The fraction of sp³-hybridized carbons (Fsp3) is 0.312. The molecule has 0 aliphatic carbocycles. The second-order valence-electron chi connectivity index (χ2n) is 4.70. The number of carboxylic acids is 1. The van der Waals surface area contributed by atoms with Crippen LogP contribution in [0.25, 0.3) is 0 Å². The van der Waals surface area contributed by atoms with E-state index in [-0.39, 0.29) is 24.8 Å². The zero-order chi connectivity index (χ0) is 16.5. The Morgan fingerprint density at radius 2 is 1.77 bits per heavy atom. The number of benzene rings is 1. The summed E-state index contributed by atoms with van der Waals surface area (Å²) in [5, 5.41) is 14.0. The maximum absolute atomic E-state index is 11.1. The fourth-order valence-electron chi connectivity index (χ4n) is 1.72. The lowest BCUT2D eigenvalue weighted by Crippen LogP contribution is -2.41. The van der Waals surface area contributed by atoms with Gasteiger partial charge in [0.1, 0.15) is 6.04 Å². The third-order valence-corrected chi connectivity index (χ3v) is 2.73. The molecule has 0 spiro atoms. The van der Waals surface area contributed by atoms with Crippen LogP contribution >= 0.6 is 0 Å². The molecule has 0 unspecified atom stereocenters. The molecule has 22 heavy (non-hydrogen) atoms. The van der Waals surface area contributed by atoms with E-state index in [9.17, 15) is 14.4 Å². The lowest BCUT2D eigenvalue weighted by Gasteiger charge is -2.13. The number of hydrogen-bond donors (Lipinski definition) is 3. The summed E-state index contributed by atoms with van der Waals surface area (Å²) in [5.41, 5.74) is 1.55. The van der Waals surface area contributed by atoms with Crippen molar-refractivity contribution in [3.63, 3.8) is 0 Å². The number of amides is 2. The summed E-state index contributed by atoms with van der Waals surface area (Å²) in [6, 6.07) is 6.11. The maximum Gasteiger partial charge on any atom is 0.326 e. The van der Waals surface area contributed by atoms with Crippen molar-refractivity contribution in [3.05, 3.63) is 35.4 Å². The summed E-state index contributed by atoms with van der Waals surface area (Å²) in [5.74, 6) is 4.10. The van der Waals surface area contributed by atoms with E-state index >= 15 is 0 Å². The predicted molar refractivity (Wildman–Crippen MR) is 80.9 cm³/mol. The van der Waals surface area contributed by atoms with Crippen LogP contribution in [0.1, 0.15) is 25.0 Å². The first-order valence-electron chi connectivity index (χ1n) is 6.70.